The van der Waals surface area contributed by atoms with Crippen LogP contribution in [0, 0.1) is 0 Å². The van der Waals surface area contributed by atoms with Gasteiger partial charge in [0.1, 0.15) is 5.54 Å². The van der Waals surface area contributed by atoms with E-state index >= 15 is 0 Å². The fourth-order valence-corrected chi connectivity index (χ4v) is 6.04. The highest BCUT2D eigenvalue weighted by atomic mass is 32.2. The van der Waals surface area contributed by atoms with Crippen LogP contribution in [0.4, 0.5) is 4.79 Å². The van der Waals surface area contributed by atoms with Crippen molar-refractivity contribution in [2.24, 2.45) is 0 Å². The average Bonchev–Trinajstić information content (AvgIpc) is 3.08. The van der Waals surface area contributed by atoms with E-state index in [0.29, 0.717) is 13.1 Å². The van der Waals surface area contributed by atoms with E-state index in [4.69, 9.17) is 0 Å². The number of urea groups is 1. The van der Waals surface area contributed by atoms with E-state index in [1.807, 2.05) is 65.6 Å². The minimum atomic E-state index is -3.63. The van der Waals surface area contributed by atoms with E-state index in [2.05, 4.69) is 5.32 Å². The zero-order valence-corrected chi connectivity index (χ0v) is 19.7. The Bertz CT molecular complexity index is 1350. The van der Waals surface area contributed by atoms with Gasteiger partial charge in [-0.1, -0.05) is 60.7 Å². The normalized spacial score (nSPS) is 22.3. The van der Waals surface area contributed by atoms with Crippen molar-refractivity contribution in [3.8, 4) is 0 Å². The van der Waals surface area contributed by atoms with E-state index in [-0.39, 0.29) is 30.6 Å². The standard InChI is InChI=1S/C25H26N4O4S/c1-25(21-9-3-2-4-10-21)23(30)29(24(31)26-25)18-27-13-15-28(16-14-27)34(32,33)22-12-11-19-7-5-6-8-20(19)17-22/h2-12,17H,13-16,18H2,1H3,(H,26,31). The summed E-state index contributed by atoms with van der Waals surface area (Å²) in [5, 5.41) is 4.67. The predicted molar refractivity (Wildman–Crippen MR) is 128 cm³/mol. The number of amides is 3. The van der Waals surface area contributed by atoms with Crippen molar-refractivity contribution >= 4 is 32.7 Å². The lowest BCUT2D eigenvalue weighted by Gasteiger charge is -2.35. The Morgan fingerprint density at radius 3 is 2.21 bits per heavy atom. The van der Waals surface area contributed by atoms with Gasteiger partial charge in [-0.25, -0.2) is 18.1 Å². The zero-order valence-electron chi connectivity index (χ0n) is 18.8. The monoisotopic (exact) mass is 478 g/mol. The summed E-state index contributed by atoms with van der Waals surface area (Å²) in [5.74, 6) is -0.310. The lowest BCUT2D eigenvalue weighted by atomic mass is 9.92. The van der Waals surface area contributed by atoms with Crippen molar-refractivity contribution in [2.75, 3.05) is 32.8 Å². The van der Waals surface area contributed by atoms with Crippen LogP contribution < -0.4 is 5.32 Å². The molecular weight excluding hydrogens is 452 g/mol. The number of carbonyl (C=O) groups is 2. The summed E-state index contributed by atoms with van der Waals surface area (Å²) in [6.45, 7) is 3.25. The van der Waals surface area contributed by atoms with Gasteiger partial charge < -0.3 is 5.32 Å². The summed E-state index contributed by atoms with van der Waals surface area (Å²) >= 11 is 0. The molecule has 176 valence electrons. The molecule has 0 radical (unpaired) electrons. The van der Waals surface area contributed by atoms with Gasteiger partial charge in [-0.3, -0.25) is 9.69 Å². The first-order chi connectivity index (χ1) is 16.3. The highest BCUT2D eigenvalue weighted by Crippen LogP contribution is 2.29. The molecule has 0 aliphatic carbocycles. The number of hydrogen-bond donors (Lipinski definition) is 1. The van der Waals surface area contributed by atoms with Crippen LogP contribution in [0.15, 0.2) is 77.7 Å². The summed E-state index contributed by atoms with van der Waals surface area (Å²) in [4.78, 5) is 29.2. The number of sulfonamides is 1. The third kappa shape index (κ3) is 3.85. The second-order valence-electron chi connectivity index (χ2n) is 8.83. The summed E-state index contributed by atoms with van der Waals surface area (Å²) in [5.41, 5.74) is -0.387. The van der Waals surface area contributed by atoms with Crippen molar-refractivity contribution in [2.45, 2.75) is 17.4 Å². The molecule has 0 bridgehead atoms. The Morgan fingerprint density at radius 2 is 1.50 bits per heavy atom. The maximum absolute atomic E-state index is 13.2. The van der Waals surface area contributed by atoms with Gasteiger partial charge in [0.2, 0.25) is 10.0 Å². The molecular formula is C25H26N4O4S. The van der Waals surface area contributed by atoms with Gasteiger partial charge >= 0.3 is 6.03 Å². The molecule has 34 heavy (non-hydrogen) atoms. The molecule has 9 heteroatoms. The van der Waals surface area contributed by atoms with Gasteiger partial charge in [-0.2, -0.15) is 4.31 Å². The smallest absolute Gasteiger partial charge is 0.319 e. The van der Waals surface area contributed by atoms with E-state index < -0.39 is 21.6 Å². The second-order valence-corrected chi connectivity index (χ2v) is 10.8. The molecule has 1 atom stereocenters. The molecule has 1 N–H and O–H groups in total. The fraction of sp³-hybridized carbons (Fsp3) is 0.280. The third-order valence-corrected chi connectivity index (χ3v) is 8.55. The predicted octanol–water partition coefficient (Wildman–Crippen LogP) is 2.57. The van der Waals surface area contributed by atoms with Crippen molar-refractivity contribution in [3.63, 3.8) is 0 Å². The summed E-state index contributed by atoms with van der Waals surface area (Å²) in [7, 11) is -3.63. The molecule has 2 heterocycles. The molecule has 3 amide bonds. The van der Waals surface area contributed by atoms with Gasteiger partial charge in [0.25, 0.3) is 5.91 Å². The lowest BCUT2D eigenvalue weighted by Crippen LogP contribution is -2.52. The van der Waals surface area contributed by atoms with Gasteiger partial charge in [0.05, 0.1) is 11.6 Å². The SMILES string of the molecule is CC1(c2ccccc2)NC(=O)N(CN2CCN(S(=O)(=O)c3ccc4ccccc4c3)CC2)C1=O. The molecule has 2 saturated heterocycles. The Labute approximate surface area is 198 Å². The number of nitrogens with zero attached hydrogens (tertiary/aromatic N) is 3. The van der Waals surface area contributed by atoms with Crippen molar-refractivity contribution in [3.05, 3.63) is 78.4 Å². The third-order valence-electron chi connectivity index (χ3n) is 6.66. The second kappa shape index (κ2) is 8.50. The number of imide groups is 1. The lowest BCUT2D eigenvalue weighted by molar-refractivity contribution is -0.132. The molecule has 2 aliphatic heterocycles. The first-order valence-electron chi connectivity index (χ1n) is 11.2. The van der Waals surface area contributed by atoms with E-state index in [1.165, 1.54) is 9.21 Å². The minimum Gasteiger partial charge on any atom is -0.319 e. The average molecular weight is 479 g/mol. The molecule has 0 aromatic heterocycles. The molecule has 1 unspecified atom stereocenters. The number of piperazine rings is 1. The number of rotatable bonds is 5. The molecule has 2 fully saturated rings. The van der Waals surface area contributed by atoms with Gasteiger partial charge in [-0.15, -0.1) is 0 Å². The van der Waals surface area contributed by atoms with E-state index in [0.717, 1.165) is 16.3 Å². The molecule has 2 aliphatic rings. The van der Waals surface area contributed by atoms with Gasteiger partial charge in [0, 0.05) is 26.2 Å². The number of hydrogen-bond acceptors (Lipinski definition) is 5. The first-order valence-corrected chi connectivity index (χ1v) is 12.6. The van der Waals surface area contributed by atoms with Crippen molar-refractivity contribution in [1.82, 2.24) is 19.4 Å². The summed E-state index contributed by atoms with van der Waals surface area (Å²) in [6.07, 6.45) is 0. The van der Waals surface area contributed by atoms with Gasteiger partial charge in [0.15, 0.2) is 0 Å². The largest absolute Gasteiger partial charge is 0.326 e. The topological polar surface area (TPSA) is 90.0 Å². The van der Waals surface area contributed by atoms with Crippen LogP contribution in [-0.4, -0.2) is 67.3 Å². The quantitative estimate of drug-likeness (QED) is 0.570. The van der Waals surface area contributed by atoms with Crippen LogP contribution in [0.3, 0.4) is 0 Å². The Morgan fingerprint density at radius 1 is 0.853 bits per heavy atom. The first kappa shape index (κ1) is 22.5. The van der Waals surface area contributed by atoms with Crippen molar-refractivity contribution in [1.29, 1.82) is 0 Å². The Balaban J connectivity index is 1.25. The van der Waals surface area contributed by atoms with Crippen LogP contribution in [0.25, 0.3) is 10.8 Å². The van der Waals surface area contributed by atoms with E-state index in [9.17, 15) is 18.0 Å². The molecule has 5 rings (SSSR count). The molecule has 0 saturated carbocycles. The minimum absolute atomic E-state index is 0.122. The molecule has 3 aromatic rings. The number of benzene rings is 3. The molecule has 8 nitrogen and oxygen atoms in total. The Hall–Kier alpha value is -3.27. The maximum Gasteiger partial charge on any atom is 0.326 e. The van der Waals surface area contributed by atoms with Crippen LogP contribution in [-0.2, 0) is 20.4 Å². The van der Waals surface area contributed by atoms with E-state index in [1.54, 1.807) is 19.1 Å². The zero-order chi connectivity index (χ0) is 23.9. The summed E-state index contributed by atoms with van der Waals surface area (Å²) in [6, 6.07) is 21.5. The van der Waals surface area contributed by atoms with Crippen LogP contribution in [0.1, 0.15) is 12.5 Å². The number of fused-ring (bicyclic) bond motifs is 1. The van der Waals surface area contributed by atoms with Crippen LogP contribution >= 0.6 is 0 Å². The number of nitrogens with one attached hydrogen (secondary N) is 1. The molecule has 3 aromatic carbocycles. The maximum atomic E-state index is 13.2. The fourth-order valence-electron chi connectivity index (χ4n) is 4.58. The highest BCUT2D eigenvalue weighted by molar-refractivity contribution is 7.89. The van der Waals surface area contributed by atoms with Crippen molar-refractivity contribution < 1.29 is 18.0 Å². The summed E-state index contributed by atoms with van der Waals surface area (Å²) < 4.78 is 27.9. The Kier molecular flexibility index (Phi) is 5.63. The highest BCUT2D eigenvalue weighted by Gasteiger charge is 2.49. The molecule has 0 spiro atoms. The van der Waals surface area contributed by atoms with Crippen LogP contribution in [0.5, 0.6) is 0 Å². The van der Waals surface area contributed by atoms with Crippen LogP contribution in [0.2, 0.25) is 0 Å². The number of carbonyl (C=O) groups excluding carboxylic acids is 2. The van der Waals surface area contributed by atoms with Gasteiger partial charge in [-0.05, 0) is 35.4 Å².